The first-order valence-corrected chi connectivity index (χ1v) is 9.55. The lowest BCUT2D eigenvalue weighted by Crippen LogP contribution is -2.31. The van der Waals surface area contributed by atoms with Crippen molar-refractivity contribution >= 4 is 11.6 Å². The van der Waals surface area contributed by atoms with Gasteiger partial charge in [0, 0.05) is 35.3 Å². The predicted octanol–water partition coefficient (Wildman–Crippen LogP) is 5.12. The second-order valence-corrected chi connectivity index (χ2v) is 7.25. The minimum Gasteiger partial charge on any atom is -0.355 e. The van der Waals surface area contributed by atoms with Gasteiger partial charge in [0.05, 0.1) is 0 Å². The van der Waals surface area contributed by atoms with E-state index in [-0.39, 0.29) is 11.8 Å². The first-order chi connectivity index (χ1) is 13.1. The number of nitrogens with zero attached hydrogens (tertiary/aromatic N) is 2. The fraction of sp³-hybridized carbons (Fsp3) is 0.304. The quantitative estimate of drug-likeness (QED) is 0.649. The van der Waals surface area contributed by atoms with E-state index in [1.165, 1.54) is 16.7 Å². The lowest BCUT2D eigenvalue weighted by Gasteiger charge is -2.21. The summed E-state index contributed by atoms with van der Waals surface area (Å²) < 4.78 is 5.73. The summed E-state index contributed by atoms with van der Waals surface area (Å²) >= 11 is 0. The highest BCUT2D eigenvalue weighted by Gasteiger charge is 2.24. The van der Waals surface area contributed by atoms with Gasteiger partial charge in [-0.3, -0.25) is 4.79 Å². The summed E-state index contributed by atoms with van der Waals surface area (Å²) in [6.07, 6.45) is 2.77. The van der Waals surface area contributed by atoms with Crippen molar-refractivity contribution in [1.82, 2.24) is 5.16 Å². The lowest BCUT2D eigenvalue weighted by atomic mass is 9.88. The maximum Gasteiger partial charge on any atom is 0.229 e. The van der Waals surface area contributed by atoms with Crippen molar-refractivity contribution in [3.8, 4) is 22.6 Å². The van der Waals surface area contributed by atoms with Crippen LogP contribution in [0.2, 0.25) is 0 Å². The molecule has 1 unspecified atom stereocenters. The van der Waals surface area contributed by atoms with Gasteiger partial charge in [0.25, 0.3) is 0 Å². The Hall–Kier alpha value is -2.88. The molecular weight excluding hydrogens is 336 g/mol. The number of aromatic nitrogens is 1. The van der Waals surface area contributed by atoms with Gasteiger partial charge < -0.3 is 9.42 Å². The summed E-state index contributed by atoms with van der Waals surface area (Å²) in [5.41, 5.74) is 6.51. The van der Waals surface area contributed by atoms with E-state index in [9.17, 15) is 4.79 Å². The molecular formula is C23H24N2O2. The van der Waals surface area contributed by atoms with Crippen molar-refractivity contribution in [1.29, 1.82) is 0 Å². The van der Waals surface area contributed by atoms with Gasteiger partial charge in [0.15, 0.2) is 5.76 Å². The van der Waals surface area contributed by atoms with E-state index >= 15 is 0 Å². The van der Waals surface area contributed by atoms with E-state index in [2.05, 4.69) is 23.4 Å². The molecule has 0 fully saturated rings. The Morgan fingerprint density at radius 1 is 1.15 bits per heavy atom. The summed E-state index contributed by atoms with van der Waals surface area (Å²) in [5.74, 6) is 0.997. The third kappa shape index (κ3) is 3.05. The summed E-state index contributed by atoms with van der Waals surface area (Å²) in [7, 11) is 1.83. The van der Waals surface area contributed by atoms with E-state index in [1.807, 2.05) is 51.2 Å². The standard InChI is InChI=1S/C23H24N2O2/c1-4-15(2)23(26)25(3)18-12-9-17(10-13-18)22-20-14-11-16-7-5-6-8-19(16)21(20)24-27-22/h5-10,12-13,15H,4,11,14H2,1-3H3. The lowest BCUT2D eigenvalue weighted by molar-refractivity contribution is -0.121. The molecule has 138 valence electrons. The number of amides is 1. The molecule has 0 aliphatic heterocycles. The molecule has 1 aliphatic rings. The Kier molecular flexibility index (Phi) is 4.56. The van der Waals surface area contributed by atoms with Gasteiger partial charge >= 0.3 is 0 Å². The monoisotopic (exact) mass is 360 g/mol. The number of benzene rings is 2. The summed E-state index contributed by atoms with van der Waals surface area (Å²) in [6.45, 7) is 4.00. The van der Waals surface area contributed by atoms with Crippen LogP contribution in [0.3, 0.4) is 0 Å². The van der Waals surface area contributed by atoms with Crippen molar-refractivity contribution in [2.24, 2.45) is 5.92 Å². The Morgan fingerprint density at radius 3 is 2.63 bits per heavy atom. The molecule has 0 saturated heterocycles. The topological polar surface area (TPSA) is 46.3 Å². The first-order valence-electron chi connectivity index (χ1n) is 9.55. The smallest absolute Gasteiger partial charge is 0.229 e. The van der Waals surface area contributed by atoms with Crippen LogP contribution in [-0.4, -0.2) is 18.1 Å². The van der Waals surface area contributed by atoms with Crippen molar-refractivity contribution < 1.29 is 9.32 Å². The maximum atomic E-state index is 12.4. The van der Waals surface area contributed by atoms with Gasteiger partial charge in [0.1, 0.15) is 5.69 Å². The highest BCUT2D eigenvalue weighted by atomic mass is 16.5. The third-order valence-electron chi connectivity index (χ3n) is 5.59. The third-order valence-corrected chi connectivity index (χ3v) is 5.59. The van der Waals surface area contributed by atoms with Crippen LogP contribution in [-0.2, 0) is 17.6 Å². The highest BCUT2D eigenvalue weighted by Crippen LogP contribution is 2.38. The number of carbonyl (C=O) groups excluding carboxylic acids is 1. The second kappa shape index (κ2) is 7.03. The van der Waals surface area contributed by atoms with Crippen LogP contribution in [0, 0.1) is 5.92 Å². The minimum absolute atomic E-state index is 0.0241. The van der Waals surface area contributed by atoms with Crippen molar-refractivity contribution in [3.05, 3.63) is 59.7 Å². The SMILES string of the molecule is CCC(C)C(=O)N(C)c1ccc(-c2onc3c2CCc2ccccc2-3)cc1. The predicted molar refractivity (Wildman–Crippen MR) is 108 cm³/mol. The van der Waals surface area contributed by atoms with Crippen LogP contribution in [0.4, 0.5) is 5.69 Å². The molecule has 4 rings (SSSR count). The average Bonchev–Trinajstić information content (AvgIpc) is 3.17. The first kappa shape index (κ1) is 17.5. The fourth-order valence-corrected chi connectivity index (χ4v) is 3.68. The molecule has 4 heteroatoms. The molecule has 3 aromatic rings. The molecule has 2 aromatic carbocycles. The van der Waals surface area contributed by atoms with Crippen molar-refractivity contribution in [2.45, 2.75) is 33.1 Å². The van der Waals surface area contributed by atoms with E-state index in [0.717, 1.165) is 42.0 Å². The molecule has 27 heavy (non-hydrogen) atoms. The second-order valence-electron chi connectivity index (χ2n) is 7.25. The van der Waals surface area contributed by atoms with Crippen LogP contribution in [0.5, 0.6) is 0 Å². The largest absolute Gasteiger partial charge is 0.355 e. The fourth-order valence-electron chi connectivity index (χ4n) is 3.68. The Balaban J connectivity index is 1.63. The zero-order valence-electron chi connectivity index (χ0n) is 16.0. The molecule has 1 amide bonds. The van der Waals surface area contributed by atoms with Crippen molar-refractivity contribution in [2.75, 3.05) is 11.9 Å². The highest BCUT2D eigenvalue weighted by molar-refractivity contribution is 5.94. The van der Waals surface area contributed by atoms with Crippen LogP contribution < -0.4 is 4.90 Å². The summed E-state index contributed by atoms with van der Waals surface area (Å²) in [4.78, 5) is 14.1. The van der Waals surface area contributed by atoms with Gasteiger partial charge in [-0.2, -0.15) is 0 Å². The van der Waals surface area contributed by atoms with Gasteiger partial charge in [0.2, 0.25) is 5.91 Å². The molecule has 1 atom stereocenters. The van der Waals surface area contributed by atoms with Gasteiger partial charge in [-0.1, -0.05) is 43.3 Å². The number of hydrogen-bond acceptors (Lipinski definition) is 3. The zero-order valence-corrected chi connectivity index (χ0v) is 16.0. The molecule has 0 radical (unpaired) electrons. The normalized spacial score (nSPS) is 13.6. The van der Waals surface area contributed by atoms with E-state index < -0.39 is 0 Å². The molecule has 1 heterocycles. The number of anilines is 1. The van der Waals surface area contributed by atoms with Crippen LogP contribution in [0.1, 0.15) is 31.4 Å². The van der Waals surface area contributed by atoms with E-state index in [0.29, 0.717) is 0 Å². The molecule has 1 aliphatic carbocycles. The van der Waals surface area contributed by atoms with Crippen LogP contribution in [0.15, 0.2) is 53.1 Å². The Labute approximate surface area is 159 Å². The maximum absolute atomic E-state index is 12.4. The minimum atomic E-state index is 0.0241. The number of hydrogen-bond donors (Lipinski definition) is 0. The van der Waals surface area contributed by atoms with Gasteiger partial charge in [-0.25, -0.2) is 0 Å². The summed E-state index contributed by atoms with van der Waals surface area (Å²) in [5, 5.41) is 4.35. The average molecular weight is 360 g/mol. The number of carbonyl (C=O) groups is 1. The molecule has 0 bridgehead atoms. The van der Waals surface area contributed by atoms with E-state index in [4.69, 9.17) is 4.52 Å². The number of aryl methyl sites for hydroxylation is 1. The molecule has 0 saturated carbocycles. The Bertz CT molecular complexity index is 972. The van der Waals surface area contributed by atoms with Gasteiger partial charge in [-0.05, 0) is 49.1 Å². The molecule has 1 aromatic heterocycles. The molecule has 0 spiro atoms. The van der Waals surface area contributed by atoms with E-state index in [1.54, 1.807) is 4.90 Å². The molecule has 4 nitrogen and oxygen atoms in total. The van der Waals surface area contributed by atoms with Crippen LogP contribution >= 0.6 is 0 Å². The number of fused-ring (bicyclic) bond motifs is 3. The zero-order chi connectivity index (χ0) is 19.0. The number of rotatable bonds is 4. The van der Waals surface area contributed by atoms with Crippen molar-refractivity contribution in [3.63, 3.8) is 0 Å². The Morgan fingerprint density at radius 2 is 1.89 bits per heavy atom. The van der Waals surface area contributed by atoms with Crippen LogP contribution in [0.25, 0.3) is 22.6 Å². The summed E-state index contributed by atoms with van der Waals surface area (Å²) in [6, 6.07) is 16.3. The molecule has 0 N–H and O–H groups in total. The van der Waals surface area contributed by atoms with Gasteiger partial charge in [-0.15, -0.1) is 0 Å².